The van der Waals surface area contributed by atoms with E-state index in [2.05, 4.69) is 47.4 Å². The number of rotatable bonds is 6. The molecule has 0 aliphatic heterocycles. The van der Waals surface area contributed by atoms with Crippen LogP contribution >= 0.6 is 31.9 Å². The van der Waals surface area contributed by atoms with Crippen molar-refractivity contribution in [3.8, 4) is 0 Å². The van der Waals surface area contributed by atoms with Gasteiger partial charge in [-0.2, -0.15) is 10.2 Å². The van der Waals surface area contributed by atoms with Crippen LogP contribution in [0.2, 0.25) is 0 Å². The van der Waals surface area contributed by atoms with Gasteiger partial charge in [0.25, 0.3) is 0 Å². The number of hydrogen-bond donors (Lipinski definition) is 2. The number of nitrogens with one attached hydrogen (secondary N) is 1. The highest BCUT2D eigenvalue weighted by Crippen LogP contribution is 2.21. The highest BCUT2D eigenvalue weighted by Gasteiger charge is 2.13. The van der Waals surface area contributed by atoms with Crippen LogP contribution in [0.5, 0.6) is 0 Å². The lowest BCUT2D eigenvalue weighted by molar-refractivity contribution is -0.116. The summed E-state index contributed by atoms with van der Waals surface area (Å²) in [5.41, 5.74) is 1.09. The predicted molar refractivity (Wildman–Crippen MR) is 101 cm³/mol. The zero-order chi connectivity index (χ0) is 18.7. The maximum absolute atomic E-state index is 12.1. The second-order valence-corrected chi connectivity index (χ2v) is 7.20. The third-order valence-corrected chi connectivity index (χ3v) is 4.53. The maximum atomic E-state index is 12.1. The number of hydrogen-bond acceptors (Lipinski definition) is 4. The van der Waals surface area contributed by atoms with Crippen LogP contribution in [0.4, 0.5) is 5.82 Å². The molecule has 1 amide bonds. The van der Waals surface area contributed by atoms with Gasteiger partial charge in [0, 0.05) is 16.9 Å². The van der Waals surface area contributed by atoms with E-state index in [0.29, 0.717) is 16.8 Å². The highest BCUT2D eigenvalue weighted by molar-refractivity contribution is 9.10. The number of halogens is 2. The number of benzene rings is 1. The average molecular weight is 483 g/mol. The van der Waals surface area contributed by atoms with Crippen molar-refractivity contribution < 1.29 is 14.7 Å². The van der Waals surface area contributed by atoms with Gasteiger partial charge < -0.3 is 10.4 Å². The zero-order valence-electron chi connectivity index (χ0n) is 13.3. The molecule has 0 bridgehead atoms. The number of carboxylic acid groups (broad SMARTS) is 1. The molecule has 10 heteroatoms. The van der Waals surface area contributed by atoms with Crippen molar-refractivity contribution in [1.29, 1.82) is 0 Å². The lowest BCUT2D eigenvalue weighted by Crippen LogP contribution is -2.19. The van der Waals surface area contributed by atoms with E-state index in [1.165, 1.54) is 17.1 Å². The SMILES string of the molecule is O=C(Cn1cc(C(=O)O)cn1)Nc1nn(Cc2ccc(Br)cc2)cc1Br. The van der Waals surface area contributed by atoms with E-state index in [1.54, 1.807) is 10.9 Å². The summed E-state index contributed by atoms with van der Waals surface area (Å²) < 4.78 is 4.61. The van der Waals surface area contributed by atoms with Gasteiger partial charge in [0.15, 0.2) is 5.82 Å². The second-order valence-electron chi connectivity index (χ2n) is 5.43. The molecule has 0 spiro atoms. The van der Waals surface area contributed by atoms with Gasteiger partial charge in [-0.05, 0) is 33.6 Å². The molecule has 8 nitrogen and oxygen atoms in total. The van der Waals surface area contributed by atoms with E-state index in [-0.39, 0.29) is 18.0 Å². The summed E-state index contributed by atoms with van der Waals surface area (Å²) in [6, 6.07) is 7.86. The van der Waals surface area contributed by atoms with Crippen LogP contribution in [0, 0.1) is 0 Å². The first kappa shape index (κ1) is 18.3. The topological polar surface area (TPSA) is 102 Å². The Morgan fingerprint density at radius 1 is 1.12 bits per heavy atom. The van der Waals surface area contributed by atoms with E-state index in [4.69, 9.17) is 5.11 Å². The fourth-order valence-corrected chi connectivity index (χ4v) is 2.90. The van der Waals surface area contributed by atoms with Gasteiger partial charge in [-0.25, -0.2) is 4.79 Å². The Morgan fingerprint density at radius 2 is 1.85 bits per heavy atom. The third kappa shape index (κ3) is 4.58. The third-order valence-electron chi connectivity index (χ3n) is 3.42. The van der Waals surface area contributed by atoms with Crippen LogP contribution in [0.3, 0.4) is 0 Å². The normalized spacial score (nSPS) is 10.7. The number of anilines is 1. The van der Waals surface area contributed by atoms with Crippen molar-refractivity contribution in [3.63, 3.8) is 0 Å². The molecule has 0 atom stereocenters. The van der Waals surface area contributed by atoms with E-state index < -0.39 is 5.97 Å². The van der Waals surface area contributed by atoms with Gasteiger partial charge in [0.1, 0.15) is 6.54 Å². The second kappa shape index (κ2) is 7.83. The molecular formula is C16H13Br2N5O3. The van der Waals surface area contributed by atoms with E-state index in [9.17, 15) is 9.59 Å². The first-order chi connectivity index (χ1) is 12.4. The Balaban J connectivity index is 1.63. The van der Waals surface area contributed by atoms with Crippen molar-refractivity contribution >= 4 is 49.6 Å². The van der Waals surface area contributed by atoms with Crippen LogP contribution in [0.15, 0.2) is 51.8 Å². The van der Waals surface area contributed by atoms with Crippen LogP contribution in [0.25, 0.3) is 0 Å². The Hall–Kier alpha value is -2.46. The van der Waals surface area contributed by atoms with E-state index in [0.717, 1.165) is 10.0 Å². The molecule has 0 aliphatic rings. The molecule has 0 fully saturated rings. The summed E-state index contributed by atoms with van der Waals surface area (Å²) in [6.45, 7) is 0.447. The van der Waals surface area contributed by atoms with E-state index >= 15 is 0 Å². The van der Waals surface area contributed by atoms with Gasteiger partial charge in [-0.3, -0.25) is 14.2 Å². The molecule has 0 unspecified atom stereocenters. The number of carbonyl (C=O) groups is 2. The van der Waals surface area contributed by atoms with Crippen molar-refractivity contribution in [3.05, 3.63) is 62.9 Å². The molecule has 3 rings (SSSR count). The molecule has 0 radical (unpaired) electrons. The standard InChI is InChI=1S/C16H13Br2N5O3/c17-12-3-1-10(2-4-12)6-23-8-13(18)15(21-23)20-14(24)9-22-7-11(5-19-22)16(25)26/h1-5,7-8H,6,9H2,(H,25,26)(H,20,21,24). The smallest absolute Gasteiger partial charge is 0.338 e. The summed E-state index contributed by atoms with van der Waals surface area (Å²) in [4.78, 5) is 23.0. The molecule has 2 aromatic heterocycles. The first-order valence-corrected chi connectivity index (χ1v) is 9.02. The molecule has 1 aromatic carbocycles. The van der Waals surface area contributed by atoms with Gasteiger partial charge >= 0.3 is 5.97 Å². The molecule has 0 aliphatic carbocycles. The van der Waals surface area contributed by atoms with Crippen LogP contribution < -0.4 is 5.32 Å². The number of amides is 1. The summed E-state index contributed by atoms with van der Waals surface area (Å²) in [5.74, 6) is -1.07. The fourth-order valence-electron chi connectivity index (χ4n) is 2.22. The number of aromatic nitrogens is 4. The molecular weight excluding hydrogens is 470 g/mol. The van der Waals surface area contributed by atoms with Crippen LogP contribution in [0.1, 0.15) is 15.9 Å². The van der Waals surface area contributed by atoms with Crippen molar-refractivity contribution in [2.75, 3.05) is 5.32 Å². The van der Waals surface area contributed by atoms with Crippen LogP contribution in [-0.2, 0) is 17.9 Å². The average Bonchev–Trinajstić information content (AvgIpc) is 3.17. The quantitative estimate of drug-likeness (QED) is 0.562. The minimum atomic E-state index is -1.09. The lowest BCUT2D eigenvalue weighted by Gasteiger charge is -2.04. The highest BCUT2D eigenvalue weighted by atomic mass is 79.9. The molecule has 26 heavy (non-hydrogen) atoms. The van der Waals surface area contributed by atoms with Crippen molar-refractivity contribution in [2.45, 2.75) is 13.1 Å². The molecule has 134 valence electrons. The number of carbonyl (C=O) groups excluding carboxylic acids is 1. The fraction of sp³-hybridized carbons (Fsp3) is 0.125. The lowest BCUT2D eigenvalue weighted by atomic mass is 10.2. The van der Waals surface area contributed by atoms with Gasteiger partial charge in [-0.15, -0.1) is 0 Å². The number of carboxylic acids is 1. The monoisotopic (exact) mass is 481 g/mol. The Bertz CT molecular complexity index is 949. The largest absolute Gasteiger partial charge is 0.478 e. The molecule has 0 saturated heterocycles. The summed E-state index contributed by atoms with van der Waals surface area (Å²) in [7, 11) is 0. The molecule has 2 heterocycles. The summed E-state index contributed by atoms with van der Waals surface area (Å²) in [6.07, 6.45) is 4.26. The predicted octanol–water partition coefficient (Wildman–Crippen LogP) is 2.99. The van der Waals surface area contributed by atoms with Crippen LogP contribution in [-0.4, -0.2) is 36.5 Å². The minimum absolute atomic E-state index is 0.0257. The zero-order valence-corrected chi connectivity index (χ0v) is 16.4. The van der Waals surface area contributed by atoms with Gasteiger partial charge in [-0.1, -0.05) is 28.1 Å². The number of aromatic carboxylic acids is 1. The first-order valence-electron chi connectivity index (χ1n) is 7.43. The van der Waals surface area contributed by atoms with Crippen molar-refractivity contribution in [2.24, 2.45) is 0 Å². The van der Waals surface area contributed by atoms with Crippen molar-refractivity contribution in [1.82, 2.24) is 19.6 Å². The maximum Gasteiger partial charge on any atom is 0.338 e. The Kier molecular flexibility index (Phi) is 5.52. The molecule has 0 saturated carbocycles. The van der Waals surface area contributed by atoms with Gasteiger partial charge in [0.05, 0.1) is 22.8 Å². The molecule has 2 N–H and O–H groups in total. The van der Waals surface area contributed by atoms with E-state index in [1.807, 2.05) is 24.3 Å². The molecule has 3 aromatic rings. The Labute approximate surface area is 165 Å². The number of nitrogens with zero attached hydrogens (tertiary/aromatic N) is 4. The summed E-state index contributed by atoms with van der Waals surface area (Å²) in [5, 5.41) is 19.7. The minimum Gasteiger partial charge on any atom is -0.478 e. The van der Waals surface area contributed by atoms with Gasteiger partial charge in [0.2, 0.25) is 5.91 Å². The Morgan fingerprint density at radius 3 is 2.50 bits per heavy atom. The summed E-state index contributed by atoms with van der Waals surface area (Å²) >= 11 is 6.77.